The van der Waals surface area contributed by atoms with E-state index in [9.17, 15) is 0 Å². The summed E-state index contributed by atoms with van der Waals surface area (Å²) < 4.78 is 10.3. The SMILES string of the molecule is COCC(CNc1cccnc1CN)OC. The van der Waals surface area contributed by atoms with Gasteiger partial charge in [-0.05, 0) is 12.1 Å². The van der Waals surface area contributed by atoms with Gasteiger partial charge in [0.25, 0.3) is 0 Å². The van der Waals surface area contributed by atoms with E-state index in [-0.39, 0.29) is 6.10 Å². The van der Waals surface area contributed by atoms with Crippen molar-refractivity contribution in [2.75, 3.05) is 32.7 Å². The number of pyridine rings is 1. The predicted octanol–water partition coefficient (Wildman–Crippen LogP) is 0.614. The fourth-order valence-corrected chi connectivity index (χ4v) is 1.38. The van der Waals surface area contributed by atoms with Crippen LogP contribution in [0.1, 0.15) is 5.69 Å². The zero-order valence-corrected chi connectivity index (χ0v) is 9.77. The minimum atomic E-state index is 0.0239. The third-order valence-corrected chi connectivity index (χ3v) is 2.29. The summed E-state index contributed by atoms with van der Waals surface area (Å²) in [4.78, 5) is 4.19. The van der Waals surface area contributed by atoms with Crippen LogP contribution in [-0.4, -0.2) is 38.5 Å². The van der Waals surface area contributed by atoms with Crippen molar-refractivity contribution >= 4 is 5.69 Å². The first-order valence-corrected chi connectivity index (χ1v) is 5.21. The van der Waals surface area contributed by atoms with Crippen LogP contribution in [0.3, 0.4) is 0 Å². The third-order valence-electron chi connectivity index (χ3n) is 2.29. The summed E-state index contributed by atoms with van der Waals surface area (Å²) in [5.74, 6) is 0. The molecule has 0 aliphatic rings. The summed E-state index contributed by atoms with van der Waals surface area (Å²) in [6.07, 6.45) is 1.76. The van der Waals surface area contributed by atoms with Crippen LogP contribution >= 0.6 is 0 Å². The lowest BCUT2D eigenvalue weighted by atomic mass is 10.2. The smallest absolute Gasteiger partial charge is 0.0976 e. The van der Waals surface area contributed by atoms with Crippen LogP contribution in [0.4, 0.5) is 5.69 Å². The summed E-state index contributed by atoms with van der Waals surface area (Å²) >= 11 is 0. The zero-order valence-electron chi connectivity index (χ0n) is 9.77. The number of nitrogens with two attached hydrogens (primary N) is 1. The number of ether oxygens (including phenoxy) is 2. The summed E-state index contributed by atoms with van der Waals surface area (Å²) in [5, 5.41) is 3.25. The summed E-state index contributed by atoms with van der Waals surface area (Å²) in [6, 6.07) is 3.83. The van der Waals surface area contributed by atoms with Crippen molar-refractivity contribution in [3.63, 3.8) is 0 Å². The highest BCUT2D eigenvalue weighted by Crippen LogP contribution is 2.11. The average Bonchev–Trinajstić information content (AvgIpc) is 2.34. The Labute approximate surface area is 96.0 Å². The van der Waals surface area contributed by atoms with E-state index >= 15 is 0 Å². The Kier molecular flexibility index (Phi) is 5.77. The quantitative estimate of drug-likeness (QED) is 0.711. The molecule has 0 radical (unpaired) electrons. The van der Waals surface area contributed by atoms with Crippen LogP contribution < -0.4 is 11.1 Å². The molecule has 3 N–H and O–H groups in total. The minimum absolute atomic E-state index is 0.0239. The number of aromatic nitrogens is 1. The standard InChI is InChI=1S/C11H19N3O2/c1-15-8-9(16-2)7-14-10-4-3-5-13-11(10)6-12/h3-5,9,14H,6-8,12H2,1-2H3. The number of hydrogen-bond acceptors (Lipinski definition) is 5. The lowest BCUT2D eigenvalue weighted by Crippen LogP contribution is -2.27. The molecular formula is C11H19N3O2. The second kappa shape index (κ2) is 7.16. The van der Waals surface area contributed by atoms with Crippen LogP contribution in [0.15, 0.2) is 18.3 Å². The molecule has 0 aliphatic carbocycles. The van der Waals surface area contributed by atoms with E-state index in [0.29, 0.717) is 19.7 Å². The molecule has 1 rings (SSSR count). The van der Waals surface area contributed by atoms with E-state index < -0.39 is 0 Å². The topological polar surface area (TPSA) is 69.4 Å². The molecule has 1 aromatic rings. The molecular weight excluding hydrogens is 206 g/mol. The molecule has 0 saturated carbocycles. The Morgan fingerprint density at radius 1 is 1.50 bits per heavy atom. The molecule has 90 valence electrons. The van der Waals surface area contributed by atoms with Gasteiger partial charge in [-0.15, -0.1) is 0 Å². The van der Waals surface area contributed by atoms with Gasteiger partial charge in [-0.1, -0.05) is 0 Å². The molecule has 0 fully saturated rings. The monoisotopic (exact) mass is 225 g/mol. The molecule has 5 heteroatoms. The molecule has 0 aromatic carbocycles. The van der Waals surface area contributed by atoms with Gasteiger partial charge in [-0.25, -0.2) is 0 Å². The number of hydrogen-bond donors (Lipinski definition) is 2. The molecule has 0 aliphatic heterocycles. The lowest BCUT2D eigenvalue weighted by Gasteiger charge is -2.16. The van der Waals surface area contributed by atoms with Gasteiger partial charge in [-0.3, -0.25) is 4.98 Å². The Morgan fingerprint density at radius 2 is 2.31 bits per heavy atom. The van der Waals surface area contributed by atoms with Gasteiger partial charge in [0, 0.05) is 33.5 Å². The van der Waals surface area contributed by atoms with E-state index in [2.05, 4.69) is 10.3 Å². The highest BCUT2D eigenvalue weighted by Gasteiger charge is 2.07. The maximum absolute atomic E-state index is 5.59. The van der Waals surface area contributed by atoms with Crippen LogP contribution in [-0.2, 0) is 16.0 Å². The Morgan fingerprint density at radius 3 is 2.94 bits per heavy atom. The molecule has 1 heterocycles. The van der Waals surface area contributed by atoms with Crippen molar-refractivity contribution in [2.45, 2.75) is 12.6 Å². The highest BCUT2D eigenvalue weighted by molar-refractivity contribution is 5.47. The molecule has 0 spiro atoms. The van der Waals surface area contributed by atoms with Gasteiger partial charge in [-0.2, -0.15) is 0 Å². The normalized spacial score (nSPS) is 12.4. The predicted molar refractivity (Wildman–Crippen MR) is 63.3 cm³/mol. The summed E-state index contributed by atoms with van der Waals surface area (Å²) in [5.41, 5.74) is 7.39. The lowest BCUT2D eigenvalue weighted by molar-refractivity contribution is 0.0365. The second-order valence-corrected chi connectivity index (χ2v) is 3.40. The average molecular weight is 225 g/mol. The van der Waals surface area contributed by atoms with Gasteiger partial charge in [0.1, 0.15) is 0 Å². The van der Waals surface area contributed by atoms with Gasteiger partial charge >= 0.3 is 0 Å². The molecule has 0 saturated heterocycles. The van der Waals surface area contributed by atoms with Crippen molar-refractivity contribution in [3.8, 4) is 0 Å². The molecule has 1 aromatic heterocycles. The molecule has 1 atom stereocenters. The van der Waals surface area contributed by atoms with Gasteiger partial charge in [0.2, 0.25) is 0 Å². The first-order valence-electron chi connectivity index (χ1n) is 5.21. The zero-order chi connectivity index (χ0) is 11.8. The molecule has 0 amide bonds. The van der Waals surface area contributed by atoms with Crippen molar-refractivity contribution in [1.82, 2.24) is 4.98 Å². The van der Waals surface area contributed by atoms with Crippen molar-refractivity contribution in [1.29, 1.82) is 0 Å². The van der Waals surface area contributed by atoms with Crippen molar-refractivity contribution in [2.24, 2.45) is 5.73 Å². The summed E-state index contributed by atoms with van der Waals surface area (Å²) in [6.45, 7) is 1.65. The maximum atomic E-state index is 5.59. The van der Waals surface area contributed by atoms with Crippen molar-refractivity contribution in [3.05, 3.63) is 24.0 Å². The number of nitrogens with one attached hydrogen (secondary N) is 1. The minimum Gasteiger partial charge on any atom is -0.382 e. The fourth-order valence-electron chi connectivity index (χ4n) is 1.38. The largest absolute Gasteiger partial charge is 0.382 e. The molecule has 5 nitrogen and oxygen atoms in total. The Bertz CT molecular complexity index is 307. The highest BCUT2D eigenvalue weighted by atomic mass is 16.5. The van der Waals surface area contributed by atoms with Crippen LogP contribution in [0, 0.1) is 0 Å². The first-order chi connectivity index (χ1) is 7.81. The van der Waals surface area contributed by atoms with E-state index in [1.807, 2.05) is 12.1 Å². The van der Waals surface area contributed by atoms with E-state index in [1.54, 1.807) is 20.4 Å². The number of nitrogens with zero attached hydrogens (tertiary/aromatic N) is 1. The number of anilines is 1. The van der Waals surface area contributed by atoms with E-state index in [4.69, 9.17) is 15.2 Å². The van der Waals surface area contributed by atoms with Crippen LogP contribution in [0.5, 0.6) is 0 Å². The molecule has 1 unspecified atom stereocenters. The van der Waals surface area contributed by atoms with Crippen molar-refractivity contribution < 1.29 is 9.47 Å². The molecule has 16 heavy (non-hydrogen) atoms. The summed E-state index contributed by atoms with van der Waals surface area (Å²) in [7, 11) is 3.32. The van der Waals surface area contributed by atoms with Gasteiger partial charge < -0.3 is 20.5 Å². The number of rotatable bonds is 7. The Balaban J connectivity index is 2.52. The van der Waals surface area contributed by atoms with E-state index in [0.717, 1.165) is 11.4 Å². The van der Waals surface area contributed by atoms with Gasteiger partial charge in [0.15, 0.2) is 0 Å². The number of methoxy groups -OCH3 is 2. The first kappa shape index (κ1) is 12.9. The van der Waals surface area contributed by atoms with Gasteiger partial charge in [0.05, 0.1) is 24.1 Å². The van der Waals surface area contributed by atoms with Crippen LogP contribution in [0.25, 0.3) is 0 Å². The fraction of sp³-hybridized carbons (Fsp3) is 0.545. The second-order valence-electron chi connectivity index (χ2n) is 3.40. The van der Waals surface area contributed by atoms with Crippen LogP contribution in [0.2, 0.25) is 0 Å². The third kappa shape index (κ3) is 3.77. The van der Waals surface area contributed by atoms with E-state index in [1.165, 1.54) is 0 Å². The maximum Gasteiger partial charge on any atom is 0.0976 e. The molecule has 0 bridgehead atoms. The Hall–Kier alpha value is -1.17.